The van der Waals surface area contributed by atoms with Gasteiger partial charge in [0, 0.05) is 17.5 Å². The van der Waals surface area contributed by atoms with Crippen LogP contribution in [0.2, 0.25) is 0 Å². The molecule has 0 radical (unpaired) electrons. The van der Waals surface area contributed by atoms with Gasteiger partial charge in [0.15, 0.2) is 0 Å². The van der Waals surface area contributed by atoms with E-state index < -0.39 is 0 Å². The second kappa shape index (κ2) is 5.54. The van der Waals surface area contributed by atoms with Gasteiger partial charge in [0.25, 0.3) is 0 Å². The molecule has 0 amide bonds. The second-order valence-corrected chi connectivity index (χ2v) is 7.72. The molecular formula is C16H24N4S. The van der Waals surface area contributed by atoms with E-state index in [1.807, 2.05) is 23.9 Å². The fourth-order valence-electron chi connectivity index (χ4n) is 3.19. The highest BCUT2D eigenvalue weighted by atomic mass is 32.1. The molecule has 1 N–H and O–H groups in total. The third-order valence-corrected chi connectivity index (χ3v) is 5.42. The van der Waals surface area contributed by atoms with E-state index in [0.29, 0.717) is 11.5 Å². The Labute approximate surface area is 130 Å². The summed E-state index contributed by atoms with van der Waals surface area (Å²) in [5.41, 5.74) is 2.74. The lowest BCUT2D eigenvalue weighted by molar-refractivity contribution is 0.265. The van der Waals surface area contributed by atoms with E-state index in [-0.39, 0.29) is 0 Å². The van der Waals surface area contributed by atoms with Crippen molar-refractivity contribution in [3.63, 3.8) is 0 Å². The molecule has 5 heteroatoms. The first-order valence-electron chi connectivity index (χ1n) is 7.71. The number of nitrogens with one attached hydrogen (secondary N) is 1. The molecule has 0 aliphatic heterocycles. The summed E-state index contributed by atoms with van der Waals surface area (Å²) in [6.07, 6.45) is 7.21. The summed E-state index contributed by atoms with van der Waals surface area (Å²) in [6, 6.07) is 0.428. The van der Waals surface area contributed by atoms with Crippen LogP contribution in [0.3, 0.4) is 0 Å². The smallest absolute Gasteiger partial charge is 0.142 e. The summed E-state index contributed by atoms with van der Waals surface area (Å²) in [6.45, 7) is 7.86. The summed E-state index contributed by atoms with van der Waals surface area (Å²) in [5.74, 6) is 0. The maximum atomic E-state index is 4.95. The zero-order valence-corrected chi connectivity index (χ0v) is 14.1. The summed E-state index contributed by atoms with van der Waals surface area (Å²) in [5, 5.41) is 4.58. The average Bonchev–Trinajstić information content (AvgIpc) is 3.03. The second-order valence-electron chi connectivity index (χ2n) is 6.69. The summed E-state index contributed by atoms with van der Waals surface area (Å²) < 4.78 is 2.21. The molecule has 2 aromatic heterocycles. The number of nitrogens with zero attached hydrogens (tertiary/aromatic N) is 3. The molecule has 2 aromatic rings. The van der Waals surface area contributed by atoms with Crippen LogP contribution >= 0.6 is 11.3 Å². The largest absolute Gasteiger partial charge is 0.329 e. The SMILES string of the molecule is CCCn1cncc1-c1nc2c(s1)C(NC)CC(C)(C)C2. The maximum Gasteiger partial charge on any atom is 0.142 e. The van der Waals surface area contributed by atoms with Crippen LogP contribution < -0.4 is 5.32 Å². The third-order valence-electron chi connectivity index (χ3n) is 4.19. The van der Waals surface area contributed by atoms with Gasteiger partial charge in [-0.3, -0.25) is 0 Å². The monoisotopic (exact) mass is 304 g/mol. The average molecular weight is 304 g/mol. The first-order valence-corrected chi connectivity index (χ1v) is 8.53. The predicted octanol–water partition coefficient (Wildman–Crippen LogP) is 3.65. The molecule has 114 valence electrons. The number of hydrogen-bond donors (Lipinski definition) is 1. The van der Waals surface area contributed by atoms with Gasteiger partial charge in [-0.25, -0.2) is 9.97 Å². The summed E-state index contributed by atoms with van der Waals surface area (Å²) in [7, 11) is 2.05. The summed E-state index contributed by atoms with van der Waals surface area (Å²) >= 11 is 1.83. The number of aromatic nitrogens is 3. The maximum absolute atomic E-state index is 4.95. The van der Waals surface area contributed by atoms with E-state index in [1.54, 1.807) is 0 Å². The Morgan fingerprint density at radius 2 is 2.29 bits per heavy atom. The lowest BCUT2D eigenvalue weighted by atomic mass is 9.76. The van der Waals surface area contributed by atoms with Crippen LogP contribution in [0.4, 0.5) is 0 Å². The molecule has 21 heavy (non-hydrogen) atoms. The fourth-order valence-corrected chi connectivity index (χ4v) is 4.41. The Morgan fingerprint density at radius 1 is 1.48 bits per heavy atom. The number of imidazole rings is 1. The first-order chi connectivity index (χ1) is 10.0. The van der Waals surface area contributed by atoms with Crippen LogP contribution in [-0.2, 0) is 13.0 Å². The van der Waals surface area contributed by atoms with Crippen LogP contribution in [0, 0.1) is 5.41 Å². The van der Waals surface area contributed by atoms with E-state index >= 15 is 0 Å². The minimum atomic E-state index is 0.315. The molecule has 4 nitrogen and oxygen atoms in total. The van der Waals surface area contributed by atoms with Crippen LogP contribution in [0.15, 0.2) is 12.5 Å². The molecule has 1 aliphatic rings. The van der Waals surface area contributed by atoms with Crippen molar-refractivity contribution in [1.82, 2.24) is 19.9 Å². The number of rotatable bonds is 4. The molecular weight excluding hydrogens is 280 g/mol. The van der Waals surface area contributed by atoms with Crippen molar-refractivity contribution in [3.8, 4) is 10.7 Å². The highest BCUT2D eigenvalue weighted by Crippen LogP contribution is 2.44. The van der Waals surface area contributed by atoms with Gasteiger partial charge in [0.1, 0.15) is 5.01 Å². The predicted molar refractivity (Wildman–Crippen MR) is 87.5 cm³/mol. The van der Waals surface area contributed by atoms with Crippen LogP contribution in [0.5, 0.6) is 0 Å². The van der Waals surface area contributed by atoms with Gasteiger partial charge in [0.2, 0.25) is 0 Å². The molecule has 1 atom stereocenters. The molecule has 0 fully saturated rings. The van der Waals surface area contributed by atoms with E-state index in [9.17, 15) is 0 Å². The Kier molecular flexibility index (Phi) is 3.88. The van der Waals surface area contributed by atoms with Crippen molar-refractivity contribution in [2.45, 2.75) is 52.6 Å². The molecule has 2 heterocycles. The molecule has 1 aliphatic carbocycles. The van der Waals surface area contributed by atoms with Crippen molar-refractivity contribution in [3.05, 3.63) is 23.1 Å². The van der Waals surface area contributed by atoms with Gasteiger partial charge in [-0.1, -0.05) is 20.8 Å². The molecule has 0 bridgehead atoms. The Hall–Kier alpha value is -1.20. The molecule has 0 saturated heterocycles. The number of thiazole rings is 1. The summed E-state index contributed by atoms with van der Waals surface area (Å²) in [4.78, 5) is 10.7. The Morgan fingerprint density at radius 3 is 3.00 bits per heavy atom. The van der Waals surface area contributed by atoms with Gasteiger partial charge >= 0.3 is 0 Å². The van der Waals surface area contributed by atoms with Crippen molar-refractivity contribution in [2.75, 3.05) is 7.05 Å². The van der Waals surface area contributed by atoms with E-state index in [2.05, 4.69) is 42.7 Å². The van der Waals surface area contributed by atoms with Crippen molar-refractivity contribution in [1.29, 1.82) is 0 Å². The normalized spacial score (nSPS) is 20.5. The lowest BCUT2D eigenvalue weighted by Crippen LogP contribution is -2.30. The highest BCUT2D eigenvalue weighted by molar-refractivity contribution is 7.15. The standard InChI is InChI=1S/C16H24N4S/c1-5-6-20-10-18-9-13(20)15-19-12-8-16(2,3)7-11(17-4)14(12)21-15/h9-11,17H,5-8H2,1-4H3. The third kappa shape index (κ3) is 2.77. The number of aryl methyl sites for hydroxylation is 1. The van der Waals surface area contributed by atoms with Gasteiger partial charge in [-0.15, -0.1) is 11.3 Å². The van der Waals surface area contributed by atoms with Crippen molar-refractivity contribution in [2.24, 2.45) is 5.41 Å². The minimum absolute atomic E-state index is 0.315. The van der Waals surface area contributed by atoms with Gasteiger partial charge in [-0.05, 0) is 31.7 Å². The molecule has 0 saturated carbocycles. The topological polar surface area (TPSA) is 42.7 Å². The van der Waals surface area contributed by atoms with E-state index in [4.69, 9.17) is 4.98 Å². The zero-order valence-electron chi connectivity index (χ0n) is 13.3. The van der Waals surface area contributed by atoms with Crippen molar-refractivity contribution < 1.29 is 0 Å². The van der Waals surface area contributed by atoms with Crippen LogP contribution in [-0.4, -0.2) is 21.6 Å². The first kappa shape index (κ1) is 14.7. The lowest BCUT2D eigenvalue weighted by Gasteiger charge is -2.34. The molecule has 0 aromatic carbocycles. The number of fused-ring (bicyclic) bond motifs is 1. The molecule has 3 rings (SSSR count). The quantitative estimate of drug-likeness (QED) is 0.937. The van der Waals surface area contributed by atoms with Crippen molar-refractivity contribution >= 4 is 11.3 Å². The van der Waals surface area contributed by atoms with Gasteiger partial charge in [0.05, 0.1) is 23.9 Å². The van der Waals surface area contributed by atoms with Crippen LogP contribution in [0.1, 0.15) is 50.2 Å². The zero-order chi connectivity index (χ0) is 15.0. The van der Waals surface area contributed by atoms with Gasteiger partial charge in [-0.2, -0.15) is 0 Å². The van der Waals surface area contributed by atoms with Gasteiger partial charge < -0.3 is 9.88 Å². The van der Waals surface area contributed by atoms with E-state index in [1.165, 1.54) is 17.0 Å². The van der Waals surface area contributed by atoms with Crippen LogP contribution in [0.25, 0.3) is 10.7 Å². The molecule has 0 spiro atoms. The highest BCUT2D eigenvalue weighted by Gasteiger charge is 2.34. The minimum Gasteiger partial charge on any atom is -0.329 e. The fraction of sp³-hybridized carbons (Fsp3) is 0.625. The molecule has 1 unspecified atom stereocenters. The Balaban J connectivity index is 2.00. The number of hydrogen-bond acceptors (Lipinski definition) is 4. The Bertz CT molecular complexity index is 626. The van der Waals surface area contributed by atoms with E-state index in [0.717, 1.165) is 30.1 Å².